The summed E-state index contributed by atoms with van der Waals surface area (Å²) in [6, 6.07) is 5.14. The Bertz CT molecular complexity index is 568. The van der Waals surface area contributed by atoms with E-state index in [0.29, 0.717) is 16.6 Å². The largest absolute Gasteiger partial charge is 0.319 e. The first-order chi connectivity index (χ1) is 8.54. The van der Waals surface area contributed by atoms with Crippen LogP contribution in [0.15, 0.2) is 28.9 Å². The molecule has 0 fully saturated rings. The molecule has 0 saturated heterocycles. The van der Waals surface area contributed by atoms with Crippen LogP contribution in [-0.4, -0.2) is 9.78 Å². The van der Waals surface area contributed by atoms with Gasteiger partial charge in [-0.1, -0.05) is 39.1 Å². The highest BCUT2D eigenvalue weighted by atomic mass is 79.9. The third kappa shape index (κ3) is 2.57. The number of aromatic nitrogens is 2. The standard InChI is InChI=1S/C12H12BrCl2N3/c1-2-18-12(10(15)6-17-18)11(16)8-5-7(14)3-4-9(8)13/h3-6,11H,2,16H2,1H3. The number of aryl methyl sites for hydroxylation is 1. The minimum absolute atomic E-state index is 0.368. The summed E-state index contributed by atoms with van der Waals surface area (Å²) in [6.45, 7) is 2.71. The van der Waals surface area contributed by atoms with Crippen molar-refractivity contribution in [2.45, 2.75) is 19.5 Å². The van der Waals surface area contributed by atoms with Crippen LogP contribution in [0.2, 0.25) is 10.0 Å². The Morgan fingerprint density at radius 3 is 2.83 bits per heavy atom. The summed E-state index contributed by atoms with van der Waals surface area (Å²) in [4.78, 5) is 0. The third-order valence-electron chi connectivity index (χ3n) is 2.72. The number of nitrogens with two attached hydrogens (primary N) is 1. The highest BCUT2D eigenvalue weighted by Gasteiger charge is 2.20. The summed E-state index contributed by atoms with van der Waals surface area (Å²) in [5, 5.41) is 5.40. The number of nitrogens with zero attached hydrogens (tertiary/aromatic N) is 2. The monoisotopic (exact) mass is 347 g/mol. The van der Waals surface area contributed by atoms with Crippen LogP contribution in [0, 0.1) is 0 Å². The molecule has 2 aromatic rings. The number of hydrogen-bond donors (Lipinski definition) is 1. The van der Waals surface area contributed by atoms with E-state index in [-0.39, 0.29) is 6.04 Å². The molecule has 3 nitrogen and oxygen atoms in total. The maximum atomic E-state index is 6.27. The molecule has 1 unspecified atom stereocenters. The number of rotatable bonds is 3. The second-order valence-corrected chi connectivity index (χ2v) is 5.53. The number of benzene rings is 1. The lowest BCUT2D eigenvalue weighted by Crippen LogP contribution is -2.18. The zero-order valence-corrected chi connectivity index (χ0v) is 12.8. The van der Waals surface area contributed by atoms with Gasteiger partial charge < -0.3 is 5.73 Å². The summed E-state index contributed by atoms with van der Waals surface area (Å²) < 4.78 is 2.69. The maximum absolute atomic E-state index is 6.27. The highest BCUT2D eigenvalue weighted by Crippen LogP contribution is 2.32. The van der Waals surface area contributed by atoms with Gasteiger partial charge in [0.2, 0.25) is 0 Å². The zero-order valence-electron chi connectivity index (χ0n) is 9.70. The Labute approximate surface area is 124 Å². The molecular weight excluding hydrogens is 337 g/mol. The van der Waals surface area contributed by atoms with Crippen LogP contribution in [0.4, 0.5) is 0 Å². The van der Waals surface area contributed by atoms with E-state index in [2.05, 4.69) is 21.0 Å². The molecule has 1 aromatic heterocycles. The molecule has 6 heteroatoms. The van der Waals surface area contributed by atoms with Gasteiger partial charge >= 0.3 is 0 Å². The van der Waals surface area contributed by atoms with Crippen molar-refractivity contribution in [3.63, 3.8) is 0 Å². The topological polar surface area (TPSA) is 43.8 Å². The summed E-state index contributed by atoms with van der Waals surface area (Å²) in [5.41, 5.74) is 7.96. The van der Waals surface area contributed by atoms with Crippen LogP contribution in [0.1, 0.15) is 24.2 Å². The van der Waals surface area contributed by atoms with Crippen LogP contribution in [-0.2, 0) is 6.54 Å². The van der Waals surface area contributed by atoms with Gasteiger partial charge in [-0.15, -0.1) is 0 Å². The van der Waals surface area contributed by atoms with Crippen molar-refractivity contribution in [1.29, 1.82) is 0 Å². The lowest BCUT2D eigenvalue weighted by molar-refractivity contribution is 0.600. The average molecular weight is 349 g/mol. The molecule has 0 aliphatic rings. The fourth-order valence-corrected chi connectivity index (χ4v) is 2.77. The molecular formula is C12H12BrCl2N3. The van der Waals surface area contributed by atoms with E-state index in [0.717, 1.165) is 15.7 Å². The quantitative estimate of drug-likeness (QED) is 0.910. The normalized spacial score (nSPS) is 12.7. The summed E-state index contributed by atoms with van der Waals surface area (Å²) in [5.74, 6) is 0. The maximum Gasteiger partial charge on any atom is 0.0837 e. The van der Waals surface area contributed by atoms with Gasteiger partial charge in [0.05, 0.1) is 23.0 Å². The molecule has 0 bridgehead atoms. The van der Waals surface area contributed by atoms with Gasteiger partial charge in [0, 0.05) is 16.0 Å². The van der Waals surface area contributed by atoms with Crippen molar-refractivity contribution in [2.75, 3.05) is 0 Å². The van der Waals surface area contributed by atoms with E-state index in [1.165, 1.54) is 0 Å². The molecule has 0 radical (unpaired) electrons. The van der Waals surface area contributed by atoms with Crippen LogP contribution in [0.25, 0.3) is 0 Å². The third-order valence-corrected chi connectivity index (χ3v) is 3.97. The number of halogens is 3. The molecule has 0 saturated carbocycles. The van der Waals surface area contributed by atoms with E-state index in [1.54, 1.807) is 16.9 Å². The molecule has 96 valence electrons. The molecule has 0 amide bonds. The minimum atomic E-state index is -0.368. The van der Waals surface area contributed by atoms with Crippen molar-refractivity contribution < 1.29 is 0 Å². The van der Waals surface area contributed by atoms with Gasteiger partial charge in [-0.05, 0) is 30.7 Å². The Balaban J connectivity index is 2.50. The molecule has 0 aliphatic heterocycles. The SMILES string of the molecule is CCn1ncc(Cl)c1C(N)c1cc(Cl)ccc1Br. The average Bonchev–Trinajstić information content (AvgIpc) is 2.72. The van der Waals surface area contributed by atoms with Gasteiger partial charge in [-0.25, -0.2) is 0 Å². The van der Waals surface area contributed by atoms with Crippen LogP contribution < -0.4 is 5.73 Å². The first kappa shape index (κ1) is 13.9. The van der Waals surface area contributed by atoms with Crippen molar-refractivity contribution >= 4 is 39.1 Å². The van der Waals surface area contributed by atoms with Crippen molar-refractivity contribution in [1.82, 2.24) is 9.78 Å². The second kappa shape index (κ2) is 5.61. The van der Waals surface area contributed by atoms with E-state index in [1.807, 2.05) is 19.1 Å². The Morgan fingerprint density at radius 1 is 1.44 bits per heavy atom. The fraction of sp³-hybridized carbons (Fsp3) is 0.250. The Morgan fingerprint density at radius 2 is 2.17 bits per heavy atom. The lowest BCUT2D eigenvalue weighted by Gasteiger charge is -2.16. The van der Waals surface area contributed by atoms with E-state index in [4.69, 9.17) is 28.9 Å². The summed E-state index contributed by atoms with van der Waals surface area (Å²) >= 11 is 15.6. The molecule has 1 heterocycles. The van der Waals surface area contributed by atoms with E-state index in [9.17, 15) is 0 Å². The smallest absolute Gasteiger partial charge is 0.0837 e. The lowest BCUT2D eigenvalue weighted by atomic mass is 10.0. The van der Waals surface area contributed by atoms with Gasteiger partial charge in [0.25, 0.3) is 0 Å². The summed E-state index contributed by atoms with van der Waals surface area (Å²) in [7, 11) is 0. The Kier molecular flexibility index (Phi) is 4.33. The molecule has 1 aromatic carbocycles. The number of hydrogen-bond acceptors (Lipinski definition) is 2. The first-order valence-corrected chi connectivity index (χ1v) is 7.01. The summed E-state index contributed by atoms with van der Waals surface area (Å²) in [6.07, 6.45) is 1.61. The molecule has 0 spiro atoms. The van der Waals surface area contributed by atoms with E-state index < -0.39 is 0 Å². The van der Waals surface area contributed by atoms with Gasteiger partial charge in [-0.2, -0.15) is 5.10 Å². The molecule has 2 N–H and O–H groups in total. The van der Waals surface area contributed by atoms with Crippen LogP contribution in [0.5, 0.6) is 0 Å². The molecule has 1 atom stereocenters. The van der Waals surface area contributed by atoms with Crippen molar-refractivity contribution in [3.8, 4) is 0 Å². The Hall–Kier alpha value is -0.550. The second-order valence-electron chi connectivity index (χ2n) is 3.84. The first-order valence-electron chi connectivity index (χ1n) is 5.46. The zero-order chi connectivity index (χ0) is 13.3. The van der Waals surface area contributed by atoms with Crippen molar-refractivity contribution in [3.05, 3.63) is 50.2 Å². The van der Waals surface area contributed by atoms with Crippen molar-refractivity contribution in [2.24, 2.45) is 5.73 Å². The molecule has 2 rings (SSSR count). The van der Waals surface area contributed by atoms with Crippen LogP contribution in [0.3, 0.4) is 0 Å². The highest BCUT2D eigenvalue weighted by molar-refractivity contribution is 9.10. The van der Waals surface area contributed by atoms with Gasteiger partial charge in [-0.3, -0.25) is 4.68 Å². The predicted molar refractivity (Wildman–Crippen MR) is 78.1 cm³/mol. The fourth-order valence-electron chi connectivity index (χ4n) is 1.83. The molecule has 18 heavy (non-hydrogen) atoms. The van der Waals surface area contributed by atoms with Gasteiger partial charge in [0.1, 0.15) is 0 Å². The predicted octanol–water partition coefficient (Wildman–Crippen LogP) is 4.02. The van der Waals surface area contributed by atoms with E-state index >= 15 is 0 Å². The van der Waals surface area contributed by atoms with Gasteiger partial charge in [0.15, 0.2) is 0 Å². The minimum Gasteiger partial charge on any atom is -0.319 e. The van der Waals surface area contributed by atoms with Crippen LogP contribution >= 0.6 is 39.1 Å². The molecule has 0 aliphatic carbocycles.